The Morgan fingerprint density at radius 2 is 2.05 bits per heavy atom. The van der Waals surface area contributed by atoms with Crippen molar-refractivity contribution in [3.63, 3.8) is 0 Å². The van der Waals surface area contributed by atoms with Gasteiger partial charge in [0.05, 0.1) is 12.7 Å². The van der Waals surface area contributed by atoms with Crippen molar-refractivity contribution in [2.75, 3.05) is 59.5 Å². The number of hydrogen-bond donors (Lipinski definition) is 1. The molecule has 0 spiro atoms. The molecule has 22 heavy (non-hydrogen) atoms. The summed E-state index contributed by atoms with van der Waals surface area (Å²) >= 11 is 0. The van der Waals surface area contributed by atoms with Crippen molar-refractivity contribution in [1.82, 2.24) is 14.7 Å². The van der Waals surface area contributed by atoms with Crippen LogP contribution in [-0.4, -0.2) is 97.4 Å². The maximum Gasteiger partial charge on any atom is 0.219 e. The number of aliphatic hydroxyl groups is 1. The van der Waals surface area contributed by atoms with Crippen molar-refractivity contribution in [3.8, 4) is 0 Å². The van der Waals surface area contributed by atoms with Gasteiger partial charge in [0.15, 0.2) is 0 Å². The highest BCUT2D eigenvalue weighted by Gasteiger charge is 2.35. The van der Waals surface area contributed by atoms with E-state index in [2.05, 4.69) is 16.7 Å². The molecule has 6 nitrogen and oxygen atoms in total. The highest BCUT2D eigenvalue weighted by atomic mass is 16.5. The van der Waals surface area contributed by atoms with Crippen LogP contribution in [0.2, 0.25) is 0 Å². The second-order valence-corrected chi connectivity index (χ2v) is 6.77. The van der Waals surface area contributed by atoms with E-state index >= 15 is 0 Å². The molecule has 2 aliphatic rings. The van der Waals surface area contributed by atoms with Gasteiger partial charge in [-0.3, -0.25) is 14.6 Å². The average molecular weight is 313 g/mol. The van der Waals surface area contributed by atoms with Crippen LogP contribution < -0.4 is 0 Å². The zero-order chi connectivity index (χ0) is 16.1. The molecule has 2 heterocycles. The monoisotopic (exact) mass is 313 g/mol. The van der Waals surface area contributed by atoms with E-state index in [9.17, 15) is 9.90 Å². The third-order valence-electron chi connectivity index (χ3n) is 4.92. The highest BCUT2D eigenvalue weighted by Crippen LogP contribution is 2.23. The van der Waals surface area contributed by atoms with Crippen molar-refractivity contribution in [2.45, 2.75) is 32.4 Å². The molecule has 2 rings (SSSR count). The molecule has 128 valence electrons. The minimum absolute atomic E-state index is 0.186. The van der Waals surface area contributed by atoms with Gasteiger partial charge in [0.2, 0.25) is 5.91 Å². The van der Waals surface area contributed by atoms with E-state index in [1.807, 2.05) is 4.90 Å². The lowest BCUT2D eigenvalue weighted by molar-refractivity contribution is -0.128. The van der Waals surface area contributed by atoms with E-state index in [-0.39, 0.29) is 5.91 Å². The fourth-order valence-corrected chi connectivity index (χ4v) is 3.80. The predicted octanol–water partition coefficient (Wildman–Crippen LogP) is -0.132. The van der Waals surface area contributed by atoms with Gasteiger partial charge in [0, 0.05) is 65.9 Å². The second kappa shape index (κ2) is 8.24. The molecule has 6 heteroatoms. The van der Waals surface area contributed by atoms with Gasteiger partial charge in [0.25, 0.3) is 0 Å². The molecular formula is C16H31N3O3. The lowest BCUT2D eigenvalue weighted by Gasteiger charge is -2.30. The van der Waals surface area contributed by atoms with Gasteiger partial charge in [-0.1, -0.05) is 6.92 Å². The Hall–Kier alpha value is -0.690. The molecule has 1 amide bonds. The molecule has 0 unspecified atom stereocenters. The van der Waals surface area contributed by atoms with Crippen molar-refractivity contribution in [2.24, 2.45) is 5.92 Å². The van der Waals surface area contributed by atoms with Gasteiger partial charge in [-0.05, 0) is 12.3 Å². The number of likely N-dealkylation sites (tertiary alicyclic amines) is 1. The van der Waals surface area contributed by atoms with Crippen molar-refractivity contribution in [1.29, 1.82) is 0 Å². The van der Waals surface area contributed by atoms with E-state index in [1.54, 1.807) is 14.0 Å². The maximum absolute atomic E-state index is 11.5. The van der Waals surface area contributed by atoms with Crippen LogP contribution in [0.3, 0.4) is 0 Å². The molecule has 1 N–H and O–H groups in total. The van der Waals surface area contributed by atoms with Crippen LogP contribution in [0.25, 0.3) is 0 Å². The minimum atomic E-state index is -0.409. The molecule has 0 aromatic rings. The Labute approximate surface area is 134 Å². The largest absolute Gasteiger partial charge is 0.389 e. The van der Waals surface area contributed by atoms with E-state index in [0.29, 0.717) is 25.1 Å². The predicted molar refractivity (Wildman–Crippen MR) is 85.7 cm³/mol. The SMILES string of the molecule is COC[C@H](O)CN1C[C@@H](N2CCCN(C(C)=O)CC2)[C@@H](C)C1. The number of carbonyl (C=O) groups is 1. The van der Waals surface area contributed by atoms with Crippen LogP contribution in [-0.2, 0) is 9.53 Å². The van der Waals surface area contributed by atoms with Crippen LogP contribution in [0, 0.1) is 5.92 Å². The van der Waals surface area contributed by atoms with E-state index in [1.165, 1.54) is 0 Å². The van der Waals surface area contributed by atoms with E-state index < -0.39 is 6.10 Å². The minimum Gasteiger partial charge on any atom is -0.389 e. The third-order valence-corrected chi connectivity index (χ3v) is 4.92. The second-order valence-electron chi connectivity index (χ2n) is 6.77. The number of ether oxygens (including phenoxy) is 1. The summed E-state index contributed by atoms with van der Waals surface area (Å²) in [7, 11) is 1.62. The number of β-amino-alcohol motifs (C(OH)–C–C–N with tert-alkyl or cyclic N) is 1. The molecular weight excluding hydrogens is 282 g/mol. The first kappa shape index (κ1) is 17.7. The van der Waals surface area contributed by atoms with Crippen LogP contribution in [0.1, 0.15) is 20.3 Å². The molecule has 0 aliphatic carbocycles. The molecule has 0 radical (unpaired) electrons. The number of hydrogen-bond acceptors (Lipinski definition) is 5. The number of amides is 1. The molecule has 3 atom stereocenters. The molecule has 0 aromatic carbocycles. The van der Waals surface area contributed by atoms with Gasteiger partial charge in [-0.2, -0.15) is 0 Å². The molecule has 0 aromatic heterocycles. The van der Waals surface area contributed by atoms with Crippen LogP contribution in [0.15, 0.2) is 0 Å². The lowest BCUT2D eigenvalue weighted by Crippen LogP contribution is -2.43. The van der Waals surface area contributed by atoms with E-state index in [0.717, 1.165) is 45.7 Å². The normalized spacial score (nSPS) is 29.5. The fourth-order valence-electron chi connectivity index (χ4n) is 3.80. The zero-order valence-corrected chi connectivity index (χ0v) is 14.2. The van der Waals surface area contributed by atoms with Crippen molar-refractivity contribution < 1.29 is 14.6 Å². The Bertz CT molecular complexity index is 367. The first-order valence-corrected chi connectivity index (χ1v) is 8.40. The topological polar surface area (TPSA) is 56.3 Å². The van der Waals surface area contributed by atoms with Gasteiger partial charge in [0.1, 0.15) is 0 Å². The number of rotatable bonds is 5. The molecule has 0 saturated carbocycles. The summed E-state index contributed by atoms with van der Waals surface area (Å²) < 4.78 is 5.01. The van der Waals surface area contributed by atoms with Crippen LogP contribution >= 0.6 is 0 Å². The average Bonchev–Trinajstić information content (AvgIpc) is 2.67. The smallest absolute Gasteiger partial charge is 0.219 e. The zero-order valence-electron chi connectivity index (χ0n) is 14.2. The Morgan fingerprint density at radius 3 is 2.73 bits per heavy atom. The quantitative estimate of drug-likeness (QED) is 0.766. The molecule has 0 bridgehead atoms. The number of aliphatic hydroxyl groups excluding tert-OH is 1. The standard InChI is InChI=1S/C16H31N3O3/c1-13-9-17(10-15(21)12-22-3)11-16(13)19-6-4-5-18(7-8-19)14(2)20/h13,15-16,21H,4-12H2,1-3H3/t13-,15+,16+/m0/s1. The van der Waals surface area contributed by atoms with E-state index in [4.69, 9.17) is 4.74 Å². The van der Waals surface area contributed by atoms with Crippen LogP contribution in [0.5, 0.6) is 0 Å². The summed E-state index contributed by atoms with van der Waals surface area (Å²) in [6, 6.07) is 0.529. The van der Waals surface area contributed by atoms with Gasteiger partial charge >= 0.3 is 0 Å². The summed E-state index contributed by atoms with van der Waals surface area (Å²) in [6.45, 7) is 10.8. The number of carbonyl (C=O) groups excluding carboxylic acids is 1. The summed E-state index contributed by atoms with van der Waals surface area (Å²) in [6.07, 6.45) is 0.642. The summed E-state index contributed by atoms with van der Waals surface area (Å²) in [4.78, 5) is 18.4. The Morgan fingerprint density at radius 1 is 1.27 bits per heavy atom. The molecule has 2 fully saturated rings. The van der Waals surface area contributed by atoms with Gasteiger partial charge in [-0.25, -0.2) is 0 Å². The molecule has 2 aliphatic heterocycles. The first-order chi connectivity index (χ1) is 10.5. The van der Waals surface area contributed by atoms with Crippen molar-refractivity contribution >= 4 is 5.91 Å². The Balaban J connectivity index is 1.85. The van der Waals surface area contributed by atoms with Gasteiger partial charge < -0.3 is 14.7 Å². The summed E-state index contributed by atoms with van der Waals surface area (Å²) in [5.41, 5.74) is 0. The highest BCUT2D eigenvalue weighted by molar-refractivity contribution is 5.73. The summed E-state index contributed by atoms with van der Waals surface area (Å²) in [5.74, 6) is 0.782. The van der Waals surface area contributed by atoms with Crippen LogP contribution in [0.4, 0.5) is 0 Å². The van der Waals surface area contributed by atoms with Gasteiger partial charge in [-0.15, -0.1) is 0 Å². The fraction of sp³-hybridized carbons (Fsp3) is 0.938. The van der Waals surface area contributed by atoms with Crippen molar-refractivity contribution in [3.05, 3.63) is 0 Å². The first-order valence-electron chi connectivity index (χ1n) is 8.40. The number of nitrogens with zero attached hydrogens (tertiary/aromatic N) is 3. The Kier molecular flexibility index (Phi) is 6.62. The third kappa shape index (κ3) is 4.65. The maximum atomic E-state index is 11.5. The number of methoxy groups -OCH3 is 1. The lowest BCUT2D eigenvalue weighted by atomic mass is 10.0. The summed E-state index contributed by atoms with van der Waals surface area (Å²) in [5, 5.41) is 9.91. The molecule has 2 saturated heterocycles.